The van der Waals surface area contributed by atoms with Crippen molar-refractivity contribution in [1.29, 1.82) is 0 Å². The molecule has 0 aromatic heterocycles. The molecule has 0 spiro atoms. The minimum atomic E-state index is -0.469. The number of primary amides is 1. The summed E-state index contributed by atoms with van der Waals surface area (Å²) in [6.07, 6.45) is 0. The van der Waals surface area contributed by atoms with Crippen molar-refractivity contribution in [1.82, 2.24) is 5.32 Å². The van der Waals surface area contributed by atoms with E-state index in [9.17, 15) is 4.79 Å². The highest BCUT2D eigenvalue weighted by Crippen LogP contribution is 2.22. The lowest BCUT2D eigenvalue weighted by atomic mass is 10.1. The van der Waals surface area contributed by atoms with E-state index in [0.29, 0.717) is 6.54 Å². The van der Waals surface area contributed by atoms with Crippen molar-refractivity contribution in [2.75, 3.05) is 13.2 Å². The van der Waals surface area contributed by atoms with E-state index in [1.54, 1.807) is 0 Å². The second-order valence-corrected chi connectivity index (χ2v) is 4.71. The van der Waals surface area contributed by atoms with Gasteiger partial charge in [-0.05, 0) is 29.8 Å². The van der Waals surface area contributed by atoms with E-state index in [-0.39, 0.29) is 6.61 Å². The number of carbonyl (C=O) groups excluding carboxylic acids is 1. The van der Waals surface area contributed by atoms with E-state index in [1.165, 1.54) is 0 Å². The zero-order chi connectivity index (χ0) is 15.1. The van der Waals surface area contributed by atoms with Crippen molar-refractivity contribution in [3.05, 3.63) is 54.6 Å². The zero-order valence-electron chi connectivity index (χ0n) is 12.1. The molecule has 0 aliphatic carbocycles. The van der Waals surface area contributed by atoms with Gasteiger partial charge in [-0.25, -0.2) is 0 Å². The minimum Gasteiger partial charge on any atom is -0.491 e. The monoisotopic (exact) mass is 284 g/mol. The van der Waals surface area contributed by atoms with E-state index in [0.717, 1.165) is 16.9 Å². The fraction of sp³-hybridized carbons (Fsp3) is 0.235. The predicted molar refractivity (Wildman–Crippen MR) is 84.0 cm³/mol. The highest BCUT2D eigenvalue weighted by molar-refractivity contribution is 5.80. The molecule has 1 unspecified atom stereocenters. The van der Waals surface area contributed by atoms with Gasteiger partial charge in [0.05, 0.1) is 0 Å². The van der Waals surface area contributed by atoms with E-state index in [4.69, 9.17) is 10.5 Å². The first-order valence-electron chi connectivity index (χ1n) is 7.01. The van der Waals surface area contributed by atoms with Crippen molar-refractivity contribution >= 4 is 5.91 Å². The molecule has 0 saturated carbocycles. The van der Waals surface area contributed by atoms with E-state index < -0.39 is 11.9 Å². The molecule has 4 heteroatoms. The van der Waals surface area contributed by atoms with Crippen molar-refractivity contribution in [3.8, 4) is 16.9 Å². The van der Waals surface area contributed by atoms with Crippen molar-refractivity contribution in [2.45, 2.75) is 13.0 Å². The third-order valence-electron chi connectivity index (χ3n) is 3.17. The summed E-state index contributed by atoms with van der Waals surface area (Å²) in [5.74, 6) is 0.316. The number of nitrogens with two attached hydrogens (primary N) is 1. The normalized spacial score (nSPS) is 11.9. The number of hydrogen-bond acceptors (Lipinski definition) is 3. The molecule has 1 amide bonds. The van der Waals surface area contributed by atoms with Crippen LogP contribution in [0.15, 0.2) is 54.6 Å². The Hall–Kier alpha value is -2.33. The highest BCUT2D eigenvalue weighted by Gasteiger charge is 2.14. The first-order valence-corrected chi connectivity index (χ1v) is 7.01. The minimum absolute atomic E-state index is 0.230. The lowest BCUT2D eigenvalue weighted by molar-refractivity contribution is -0.120. The number of hydrogen-bond donors (Lipinski definition) is 2. The van der Waals surface area contributed by atoms with Gasteiger partial charge in [0.15, 0.2) is 0 Å². The summed E-state index contributed by atoms with van der Waals surface area (Å²) in [5, 5.41) is 2.99. The molecule has 0 saturated heterocycles. The molecule has 21 heavy (non-hydrogen) atoms. The Balaban J connectivity index is 1.98. The molecule has 0 aliphatic rings. The van der Waals surface area contributed by atoms with E-state index >= 15 is 0 Å². The molecule has 110 valence electrons. The maximum absolute atomic E-state index is 11.2. The summed E-state index contributed by atoms with van der Waals surface area (Å²) in [5.41, 5.74) is 7.59. The molecular weight excluding hydrogens is 264 g/mol. The molecule has 3 N–H and O–H groups in total. The van der Waals surface area contributed by atoms with Gasteiger partial charge in [0.1, 0.15) is 18.4 Å². The number of likely N-dealkylation sites (N-methyl/N-ethyl adjacent to an activating group) is 1. The third-order valence-corrected chi connectivity index (χ3v) is 3.17. The van der Waals surface area contributed by atoms with Crippen LogP contribution >= 0.6 is 0 Å². The van der Waals surface area contributed by atoms with Crippen LogP contribution in [-0.2, 0) is 4.79 Å². The Kier molecular flexibility index (Phi) is 5.35. The number of rotatable bonds is 7. The largest absolute Gasteiger partial charge is 0.491 e. The van der Waals surface area contributed by atoms with Gasteiger partial charge < -0.3 is 15.8 Å². The quantitative estimate of drug-likeness (QED) is 0.819. The van der Waals surface area contributed by atoms with Crippen molar-refractivity contribution < 1.29 is 9.53 Å². The maximum atomic E-state index is 11.2. The third kappa shape index (κ3) is 4.33. The molecule has 2 aromatic carbocycles. The Bertz CT molecular complexity index is 567. The standard InChI is InChI=1S/C17H20N2O2/c1-2-19-16(17(18)20)12-21-15-10-8-14(9-11-15)13-6-4-3-5-7-13/h3-11,16,19H,2,12H2,1H3,(H2,18,20). The average Bonchev–Trinajstić information content (AvgIpc) is 2.52. The number of ether oxygens (including phenoxy) is 1. The van der Waals surface area contributed by atoms with Crippen LogP contribution in [0.5, 0.6) is 5.75 Å². The number of nitrogens with one attached hydrogen (secondary N) is 1. The van der Waals surface area contributed by atoms with Crippen LogP contribution < -0.4 is 15.8 Å². The first kappa shape index (κ1) is 15.1. The van der Waals surface area contributed by atoms with Crippen LogP contribution in [0.25, 0.3) is 11.1 Å². The Labute approximate surface area is 124 Å². The van der Waals surface area contributed by atoms with Crippen LogP contribution in [0.1, 0.15) is 6.92 Å². The van der Waals surface area contributed by atoms with Gasteiger partial charge in [-0.15, -0.1) is 0 Å². The number of carbonyl (C=O) groups is 1. The van der Waals surface area contributed by atoms with Crippen LogP contribution in [0.3, 0.4) is 0 Å². The van der Waals surface area contributed by atoms with Gasteiger partial charge in [0, 0.05) is 0 Å². The van der Waals surface area contributed by atoms with Crippen LogP contribution in [0, 0.1) is 0 Å². The summed E-state index contributed by atoms with van der Waals surface area (Å²) in [6, 6.07) is 17.4. The fourth-order valence-corrected chi connectivity index (χ4v) is 2.04. The topological polar surface area (TPSA) is 64.3 Å². The van der Waals surface area contributed by atoms with Gasteiger partial charge >= 0.3 is 0 Å². The van der Waals surface area contributed by atoms with E-state index in [2.05, 4.69) is 17.4 Å². The smallest absolute Gasteiger partial charge is 0.238 e. The lowest BCUT2D eigenvalue weighted by Gasteiger charge is -2.15. The molecule has 0 fully saturated rings. The Morgan fingerprint density at radius 3 is 2.29 bits per heavy atom. The summed E-state index contributed by atoms with van der Waals surface area (Å²) < 4.78 is 5.61. The molecule has 1 atom stereocenters. The molecule has 0 heterocycles. The second-order valence-electron chi connectivity index (χ2n) is 4.71. The van der Waals surface area contributed by atoms with Gasteiger partial charge in [0.25, 0.3) is 0 Å². The molecule has 0 radical (unpaired) electrons. The Morgan fingerprint density at radius 2 is 1.71 bits per heavy atom. The summed E-state index contributed by atoms with van der Waals surface area (Å²) >= 11 is 0. The predicted octanol–water partition coefficient (Wildman–Crippen LogP) is 2.20. The molecular formula is C17H20N2O2. The molecule has 0 bridgehead atoms. The second kappa shape index (κ2) is 7.45. The van der Waals surface area contributed by atoms with Gasteiger partial charge in [-0.1, -0.05) is 49.4 Å². The lowest BCUT2D eigenvalue weighted by Crippen LogP contribution is -2.45. The highest BCUT2D eigenvalue weighted by atomic mass is 16.5. The summed E-state index contributed by atoms with van der Waals surface area (Å²) in [4.78, 5) is 11.2. The summed E-state index contributed by atoms with van der Waals surface area (Å²) in [7, 11) is 0. The molecule has 2 aromatic rings. The van der Waals surface area contributed by atoms with Crippen LogP contribution in [0.2, 0.25) is 0 Å². The molecule has 2 rings (SSSR count). The number of benzene rings is 2. The number of amides is 1. The zero-order valence-corrected chi connectivity index (χ0v) is 12.1. The van der Waals surface area contributed by atoms with Crippen LogP contribution in [-0.4, -0.2) is 25.1 Å². The van der Waals surface area contributed by atoms with Gasteiger partial charge in [-0.3, -0.25) is 4.79 Å². The molecule has 0 aliphatic heterocycles. The van der Waals surface area contributed by atoms with Gasteiger partial charge in [-0.2, -0.15) is 0 Å². The maximum Gasteiger partial charge on any atom is 0.238 e. The van der Waals surface area contributed by atoms with Crippen molar-refractivity contribution in [2.24, 2.45) is 5.73 Å². The fourth-order valence-electron chi connectivity index (χ4n) is 2.04. The SMILES string of the molecule is CCNC(COc1ccc(-c2ccccc2)cc1)C(N)=O. The van der Waals surface area contributed by atoms with E-state index in [1.807, 2.05) is 49.4 Å². The summed E-state index contributed by atoms with van der Waals surface area (Å²) in [6.45, 7) is 2.82. The first-order chi connectivity index (χ1) is 10.2. The average molecular weight is 284 g/mol. The van der Waals surface area contributed by atoms with Gasteiger partial charge in [0.2, 0.25) is 5.91 Å². The molecule has 4 nitrogen and oxygen atoms in total. The Morgan fingerprint density at radius 1 is 1.10 bits per heavy atom. The van der Waals surface area contributed by atoms with Crippen LogP contribution in [0.4, 0.5) is 0 Å². The van der Waals surface area contributed by atoms with Crippen molar-refractivity contribution in [3.63, 3.8) is 0 Å².